The van der Waals surface area contributed by atoms with E-state index in [9.17, 15) is 4.79 Å². The van der Waals surface area contributed by atoms with Crippen LogP contribution in [-0.2, 0) is 4.79 Å². The van der Waals surface area contributed by atoms with E-state index < -0.39 is 0 Å². The van der Waals surface area contributed by atoms with Gasteiger partial charge in [0.2, 0.25) is 5.91 Å². The molecule has 3 aromatic rings. The highest BCUT2D eigenvalue weighted by Crippen LogP contribution is 2.36. The molecule has 5 rings (SSSR count). The molecule has 3 heterocycles. The molecule has 0 radical (unpaired) electrons. The number of hydrogen-bond donors (Lipinski definition) is 0. The summed E-state index contributed by atoms with van der Waals surface area (Å²) in [4.78, 5) is 19.9. The molecular weight excluding hydrogens is 396 g/mol. The van der Waals surface area contributed by atoms with Crippen LogP contribution in [-0.4, -0.2) is 35.5 Å². The Morgan fingerprint density at radius 1 is 1.07 bits per heavy atom. The zero-order chi connectivity index (χ0) is 20.3. The largest absolute Gasteiger partial charge is 0.490 e. The number of piperidine rings is 1. The van der Waals surface area contributed by atoms with Gasteiger partial charge in [-0.2, -0.15) is 0 Å². The number of amides is 1. The smallest absolute Gasteiger partial charge is 0.247 e. The number of carbonyl (C=O) groups excluding carboxylic acids is 1. The van der Waals surface area contributed by atoms with Gasteiger partial charge in [-0.05, 0) is 55.2 Å². The van der Waals surface area contributed by atoms with E-state index in [1.165, 1.54) is 4.70 Å². The predicted molar refractivity (Wildman–Crippen MR) is 119 cm³/mol. The van der Waals surface area contributed by atoms with Crippen molar-refractivity contribution in [1.82, 2.24) is 9.88 Å². The van der Waals surface area contributed by atoms with Gasteiger partial charge >= 0.3 is 0 Å². The molecule has 0 saturated carbocycles. The Bertz CT molecular complexity index is 1060. The zero-order valence-electron chi connectivity index (χ0n) is 16.8. The molecule has 1 atom stereocenters. The second-order valence-corrected chi connectivity index (χ2v) is 8.72. The second kappa shape index (κ2) is 8.48. The van der Waals surface area contributed by atoms with E-state index in [0.29, 0.717) is 13.2 Å². The minimum atomic E-state index is 0.0334. The average Bonchev–Trinajstić information content (AvgIpc) is 3.08. The molecule has 0 N–H and O–H groups in total. The van der Waals surface area contributed by atoms with Gasteiger partial charge in [0, 0.05) is 19.0 Å². The van der Waals surface area contributed by atoms with Gasteiger partial charge in [0.25, 0.3) is 0 Å². The quantitative estimate of drug-likeness (QED) is 0.545. The lowest BCUT2D eigenvalue weighted by molar-refractivity contribution is -0.129. The number of para-hydroxylation sites is 1. The van der Waals surface area contributed by atoms with E-state index in [2.05, 4.69) is 6.07 Å². The fourth-order valence-electron chi connectivity index (χ4n) is 4.03. The van der Waals surface area contributed by atoms with Crippen LogP contribution < -0.4 is 9.47 Å². The summed E-state index contributed by atoms with van der Waals surface area (Å²) < 4.78 is 12.6. The van der Waals surface area contributed by atoms with Crippen LogP contribution in [0.3, 0.4) is 0 Å². The van der Waals surface area contributed by atoms with Crippen LogP contribution in [0.15, 0.2) is 48.5 Å². The highest BCUT2D eigenvalue weighted by atomic mass is 32.1. The second-order valence-electron chi connectivity index (χ2n) is 7.65. The summed E-state index contributed by atoms with van der Waals surface area (Å²) in [5, 5.41) is 1.04. The zero-order valence-corrected chi connectivity index (χ0v) is 17.6. The molecule has 0 aliphatic carbocycles. The Morgan fingerprint density at radius 3 is 2.83 bits per heavy atom. The SMILES string of the molecule is O=C(/C=C/c1ccc2c(c1)OCCCO2)N1CCCC[C@H]1c1nc2ccccc2s1. The molecule has 1 aromatic heterocycles. The van der Waals surface area contributed by atoms with E-state index in [-0.39, 0.29) is 11.9 Å². The topological polar surface area (TPSA) is 51.7 Å². The summed E-state index contributed by atoms with van der Waals surface area (Å²) in [6.45, 7) is 2.09. The fourth-order valence-corrected chi connectivity index (χ4v) is 5.15. The Balaban J connectivity index is 1.35. The van der Waals surface area contributed by atoms with E-state index in [0.717, 1.165) is 59.8 Å². The molecule has 5 nitrogen and oxygen atoms in total. The lowest BCUT2D eigenvalue weighted by Crippen LogP contribution is -2.37. The van der Waals surface area contributed by atoms with Crippen LogP contribution in [0.4, 0.5) is 0 Å². The maximum absolute atomic E-state index is 13.1. The lowest BCUT2D eigenvalue weighted by atomic mass is 10.0. The van der Waals surface area contributed by atoms with Crippen LogP contribution in [0.2, 0.25) is 0 Å². The van der Waals surface area contributed by atoms with Gasteiger partial charge in [0.1, 0.15) is 5.01 Å². The molecular formula is C24H24N2O3S. The van der Waals surface area contributed by atoms with Gasteiger partial charge in [-0.1, -0.05) is 18.2 Å². The Kier molecular flexibility index (Phi) is 5.41. The molecule has 2 aliphatic rings. The van der Waals surface area contributed by atoms with E-state index in [1.54, 1.807) is 17.4 Å². The van der Waals surface area contributed by atoms with Crippen molar-refractivity contribution in [2.75, 3.05) is 19.8 Å². The summed E-state index contributed by atoms with van der Waals surface area (Å²) >= 11 is 1.70. The van der Waals surface area contributed by atoms with Gasteiger partial charge < -0.3 is 14.4 Å². The van der Waals surface area contributed by atoms with Crippen molar-refractivity contribution < 1.29 is 14.3 Å². The third-order valence-electron chi connectivity index (χ3n) is 5.57. The van der Waals surface area contributed by atoms with Crippen molar-refractivity contribution in [2.24, 2.45) is 0 Å². The van der Waals surface area contributed by atoms with Crippen LogP contribution in [0, 0.1) is 0 Å². The monoisotopic (exact) mass is 420 g/mol. The number of thiazole rings is 1. The number of carbonyl (C=O) groups is 1. The standard InChI is InChI=1S/C24H24N2O3S/c27-23(12-10-17-9-11-20-21(16-17)29-15-5-14-28-20)26-13-4-3-7-19(26)24-25-18-6-1-2-8-22(18)30-24/h1-2,6,8-12,16,19H,3-5,7,13-15H2/b12-10+/t19-/m0/s1. The molecule has 6 heteroatoms. The van der Waals surface area contributed by atoms with Gasteiger partial charge in [-0.15, -0.1) is 11.3 Å². The van der Waals surface area contributed by atoms with Crippen molar-refractivity contribution in [2.45, 2.75) is 31.7 Å². The fraction of sp³-hybridized carbons (Fsp3) is 0.333. The number of likely N-dealkylation sites (tertiary alicyclic amines) is 1. The summed E-state index contributed by atoms with van der Waals surface area (Å²) in [5.41, 5.74) is 1.94. The maximum atomic E-state index is 13.1. The number of aromatic nitrogens is 1. The number of rotatable bonds is 3. The van der Waals surface area contributed by atoms with Crippen molar-refractivity contribution in [3.05, 3.63) is 59.1 Å². The molecule has 0 spiro atoms. The highest BCUT2D eigenvalue weighted by molar-refractivity contribution is 7.18. The van der Waals surface area contributed by atoms with Crippen LogP contribution in [0.25, 0.3) is 16.3 Å². The number of ether oxygens (including phenoxy) is 2. The molecule has 2 aliphatic heterocycles. The minimum Gasteiger partial charge on any atom is -0.490 e. The van der Waals surface area contributed by atoms with E-state index in [4.69, 9.17) is 14.5 Å². The predicted octanol–water partition coefficient (Wildman–Crippen LogP) is 5.22. The number of fused-ring (bicyclic) bond motifs is 2. The van der Waals surface area contributed by atoms with Gasteiger partial charge in [-0.25, -0.2) is 4.98 Å². The van der Waals surface area contributed by atoms with Gasteiger partial charge in [0.05, 0.1) is 29.5 Å². The molecule has 1 amide bonds. The average molecular weight is 421 g/mol. The van der Waals surface area contributed by atoms with Crippen molar-refractivity contribution in [3.63, 3.8) is 0 Å². The molecule has 1 saturated heterocycles. The number of benzene rings is 2. The lowest BCUT2D eigenvalue weighted by Gasteiger charge is -2.33. The maximum Gasteiger partial charge on any atom is 0.247 e. The van der Waals surface area contributed by atoms with Crippen molar-refractivity contribution in [3.8, 4) is 11.5 Å². The third kappa shape index (κ3) is 3.92. The minimum absolute atomic E-state index is 0.0334. The summed E-state index contributed by atoms with van der Waals surface area (Å²) in [6.07, 6.45) is 7.52. The summed E-state index contributed by atoms with van der Waals surface area (Å²) in [5.74, 6) is 1.54. The molecule has 2 aromatic carbocycles. The Hall–Kier alpha value is -2.86. The Morgan fingerprint density at radius 2 is 1.93 bits per heavy atom. The summed E-state index contributed by atoms with van der Waals surface area (Å²) in [7, 11) is 0. The third-order valence-corrected chi connectivity index (χ3v) is 6.71. The first-order chi connectivity index (χ1) is 14.8. The van der Waals surface area contributed by atoms with Crippen molar-refractivity contribution in [1.29, 1.82) is 0 Å². The molecule has 154 valence electrons. The first kappa shape index (κ1) is 19.1. The van der Waals surface area contributed by atoms with Crippen LogP contribution in [0.1, 0.15) is 42.3 Å². The molecule has 30 heavy (non-hydrogen) atoms. The molecule has 0 unspecified atom stereocenters. The molecule has 0 bridgehead atoms. The normalized spacial score (nSPS) is 19.2. The van der Waals surface area contributed by atoms with Gasteiger partial charge in [0.15, 0.2) is 11.5 Å². The van der Waals surface area contributed by atoms with Crippen molar-refractivity contribution >= 4 is 33.5 Å². The summed E-state index contributed by atoms with van der Waals surface area (Å²) in [6, 6.07) is 14.0. The molecule has 1 fully saturated rings. The van der Waals surface area contributed by atoms with E-state index >= 15 is 0 Å². The first-order valence-electron chi connectivity index (χ1n) is 10.5. The Labute approximate surface area is 179 Å². The number of nitrogens with zero attached hydrogens (tertiary/aromatic N) is 2. The number of hydrogen-bond acceptors (Lipinski definition) is 5. The highest BCUT2D eigenvalue weighted by Gasteiger charge is 2.29. The van der Waals surface area contributed by atoms with Crippen LogP contribution >= 0.6 is 11.3 Å². The van der Waals surface area contributed by atoms with Gasteiger partial charge in [-0.3, -0.25) is 4.79 Å². The van der Waals surface area contributed by atoms with E-state index in [1.807, 2.05) is 47.4 Å². The van der Waals surface area contributed by atoms with Crippen LogP contribution in [0.5, 0.6) is 11.5 Å². The first-order valence-corrected chi connectivity index (χ1v) is 11.3.